The van der Waals surface area contributed by atoms with Gasteiger partial charge in [0.25, 0.3) is 0 Å². The maximum absolute atomic E-state index is 11.1. The smallest absolute Gasteiger partial charge is 0.221 e. The van der Waals surface area contributed by atoms with Crippen LogP contribution in [0.15, 0.2) is 29.2 Å². The molecular formula is C20H24N4OS. The molecule has 1 fully saturated rings. The van der Waals surface area contributed by atoms with Crippen molar-refractivity contribution >= 4 is 29.2 Å². The van der Waals surface area contributed by atoms with Gasteiger partial charge in [-0.1, -0.05) is 25.0 Å². The molecule has 1 aliphatic heterocycles. The number of rotatable bonds is 5. The zero-order valence-corrected chi connectivity index (χ0v) is 15.6. The Morgan fingerprint density at radius 2 is 1.92 bits per heavy atom. The van der Waals surface area contributed by atoms with Crippen molar-refractivity contribution < 1.29 is 4.79 Å². The van der Waals surface area contributed by atoms with Crippen LogP contribution in [0.25, 0.3) is 0 Å². The third kappa shape index (κ3) is 3.85. The predicted octanol–water partition coefficient (Wildman–Crippen LogP) is 3.94. The Kier molecular flexibility index (Phi) is 5.11. The van der Waals surface area contributed by atoms with Crippen LogP contribution in [-0.4, -0.2) is 21.6 Å². The van der Waals surface area contributed by atoms with Crippen LogP contribution in [-0.2, 0) is 17.6 Å². The number of nitrogens with two attached hydrogens (primary N) is 1. The number of aryl methyl sites for hydroxylation is 1. The number of nitrogens with one attached hydrogen (secondary N) is 1. The van der Waals surface area contributed by atoms with Crippen molar-refractivity contribution in [3.63, 3.8) is 0 Å². The molecule has 1 aliphatic carbocycles. The van der Waals surface area contributed by atoms with Crippen LogP contribution in [0.2, 0.25) is 0 Å². The molecular weight excluding hydrogens is 344 g/mol. The number of hydrogen-bond acceptors (Lipinski definition) is 5. The molecule has 0 spiro atoms. The number of aromatic nitrogens is 2. The number of anilines is 2. The maximum Gasteiger partial charge on any atom is 0.221 e. The van der Waals surface area contributed by atoms with E-state index in [1.807, 2.05) is 36.0 Å². The van der Waals surface area contributed by atoms with Crippen LogP contribution in [0.4, 0.5) is 11.5 Å². The topological polar surface area (TPSA) is 80.9 Å². The quantitative estimate of drug-likeness (QED) is 0.835. The number of nitrogens with zero attached hydrogens (tertiary/aromatic N) is 2. The van der Waals surface area contributed by atoms with Gasteiger partial charge in [0.05, 0.1) is 17.0 Å². The molecule has 26 heavy (non-hydrogen) atoms. The summed E-state index contributed by atoms with van der Waals surface area (Å²) in [4.78, 5) is 22.1. The molecule has 0 unspecified atom stereocenters. The molecule has 1 saturated carbocycles. The lowest BCUT2D eigenvalue weighted by atomic mass is 10.1. The fraction of sp³-hybridized carbons (Fsp3) is 0.450. The SMILES string of the molecule is NC(=O)Cc1ccc(Nc2nc(C3CCCC3)nc3c2SCCC3)cc1. The second-order valence-electron chi connectivity index (χ2n) is 7.10. The summed E-state index contributed by atoms with van der Waals surface area (Å²) < 4.78 is 0. The molecule has 6 heteroatoms. The van der Waals surface area contributed by atoms with Crippen molar-refractivity contribution in [3.8, 4) is 0 Å². The minimum Gasteiger partial charge on any atom is -0.369 e. The van der Waals surface area contributed by atoms with Gasteiger partial charge in [-0.15, -0.1) is 11.8 Å². The van der Waals surface area contributed by atoms with Crippen LogP contribution < -0.4 is 11.1 Å². The van der Waals surface area contributed by atoms with Gasteiger partial charge in [-0.05, 0) is 49.1 Å². The average molecular weight is 369 g/mol. The highest BCUT2D eigenvalue weighted by atomic mass is 32.2. The van der Waals surface area contributed by atoms with Crippen molar-refractivity contribution in [1.82, 2.24) is 9.97 Å². The molecule has 2 aromatic rings. The van der Waals surface area contributed by atoms with Crippen LogP contribution in [0.3, 0.4) is 0 Å². The van der Waals surface area contributed by atoms with E-state index in [1.165, 1.54) is 42.7 Å². The first kappa shape index (κ1) is 17.3. The fourth-order valence-corrected chi connectivity index (χ4v) is 4.79. The Balaban J connectivity index is 1.62. The van der Waals surface area contributed by atoms with Gasteiger partial charge in [0, 0.05) is 11.6 Å². The molecule has 4 rings (SSSR count). The number of fused-ring (bicyclic) bond motifs is 1. The van der Waals surface area contributed by atoms with E-state index in [0.29, 0.717) is 5.92 Å². The highest BCUT2D eigenvalue weighted by Crippen LogP contribution is 2.39. The predicted molar refractivity (Wildman–Crippen MR) is 105 cm³/mol. The van der Waals surface area contributed by atoms with E-state index in [-0.39, 0.29) is 12.3 Å². The van der Waals surface area contributed by atoms with Gasteiger partial charge < -0.3 is 11.1 Å². The zero-order chi connectivity index (χ0) is 17.9. The molecule has 1 amide bonds. The number of carbonyl (C=O) groups excluding carboxylic acids is 1. The number of thioether (sulfide) groups is 1. The Bertz CT molecular complexity index is 800. The van der Waals surface area contributed by atoms with Crippen LogP contribution >= 0.6 is 11.8 Å². The van der Waals surface area contributed by atoms with Gasteiger partial charge in [-0.2, -0.15) is 0 Å². The van der Waals surface area contributed by atoms with Crippen molar-refractivity contribution in [1.29, 1.82) is 0 Å². The molecule has 0 bridgehead atoms. The third-order valence-corrected chi connectivity index (χ3v) is 6.28. The van der Waals surface area contributed by atoms with Gasteiger partial charge in [0.1, 0.15) is 11.6 Å². The molecule has 3 N–H and O–H groups in total. The normalized spacial score (nSPS) is 17.1. The van der Waals surface area contributed by atoms with E-state index in [9.17, 15) is 4.79 Å². The lowest BCUT2D eigenvalue weighted by molar-refractivity contribution is -0.117. The molecule has 0 atom stereocenters. The van der Waals surface area contributed by atoms with Crippen molar-refractivity contribution in [2.45, 2.75) is 55.8 Å². The first-order valence-electron chi connectivity index (χ1n) is 9.37. The minimum atomic E-state index is -0.312. The molecule has 0 radical (unpaired) electrons. The number of amides is 1. The first-order chi connectivity index (χ1) is 12.7. The molecule has 136 valence electrons. The summed E-state index contributed by atoms with van der Waals surface area (Å²) in [5.74, 6) is 3.26. The summed E-state index contributed by atoms with van der Waals surface area (Å²) in [7, 11) is 0. The number of benzene rings is 1. The van der Waals surface area contributed by atoms with Crippen molar-refractivity contribution in [2.24, 2.45) is 5.73 Å². The average Bonchev–Trinajstić information content (AvgIpc) is 3.17. The Hall–Kier alpha value is -2.08. The number of carbonyl (C=O) groups is 1. The van der Waals surface area contributed by atoms with E-state index in [2.05, 4.69) is 5.32 Å². The Morgan fingerprint density at radius 1 is 1.15 bits per heavy atom. The number of primary amides is 1. The summed E-state index contributed by atoms with van der Waals surface area (Å²) in [5, 5.41) is 3.49. The zero-order valence-electron chi connectivity index (χ0n) is 14.8. The van der Waals surface area contributed by atoms with Crippen molar-refractivity contribution in [3.05, 3.63) is 41.3 Å². The largest absolute Gasteiger partial charge is 0.369 e. The van der Waals surface area contributed by atoms with E-state index in [4.69, 9.17) is 15.7 Å². The molecule has 5 nitrogen and oxygen atoms in total. The van der Waals surface area contributed by atoms with Crippen LogP contribution in [0, 0.1) is 0 Å². The summed E-state index contributed by atoms with van der Waals surface area (Å²) in [6.07, 6.45) is 7.45. The van der Waals surface area contributed by atoms with Gasteiger partial charge in [-0.25, -0.2) is 9.97 Å². The second-order valence-corrected chi connectivity index (χ2v) is 8.21. The summed E-state index contributed by atoms with van der Waals surface area (Å²) >= 11 is 1.85. The van der Waals surface area contributed by atoms with Crippen molar-refractivity contribution in [2.75, 3.05) is 11.1 Å². The highest BCUT2D eigenvalue weighted by Gasteiger charge is 2.24. The van der Waals surface area contributed by atoms with Gasteiger partial charge in [0.15, 0.2) is 0 Å². The molecule has 2 aliphatic rings. The molecule has 2 heterocycles. The van der Waals surface area contributed by atoms with Gasteiger partial charge in [0.2, 0.25) is 5.91 Å². The van der Waals surface area contributed by atoms with E-state index in [1.54, 1.807) is 0 Å². The van der Waals surface area contributed by atoms with Gasteiger partial charge >= 0.3 is 0 Å². The van der Waals surface area contributed by atoms with E-state index in [0.717, 1.165) is 35.1 Å². The monoisotopic (exact) mass is 368 g/mol. The third-order valence-electron chi connectivity index (χ3n) is 5.07. The van der Waals surface area contributed by atoms with E-state index >= 15 is 0 Å². The number of hydrogen-bond donors (Lipinski definition) is 2. The second kappa shape index (κ2) is 7.66. The minimum absolute atomic E-state index is 0.269. The molecule has 1 aromatic heterocycles. The summed E-state index contributed by atoms with van der Waals surface area (Å²) in [6, 6.07) is 7.84. The Morgan fingerprint density at radius 3 is 2.65 bits per heavy atom. The van der Waals surface area contributed by atoms with Crippen LogP contribution in [0.5, 0.6) is 0 Å². The van der Waals surface area contributed by atoms with Gasteiger partial charge in [-0.3, -0.25) is 4.79 Å². The summed E-state index contributed by atoms with van der Waals surface area (Å²) in [6.45, 7) is 0. The first-order valence-corrected chi connectivity index (χ1v) is 10.4. The lowest BCUT2D eigenvalue weighted by Gasteiger charge is -2.21. The maximum atomic E-state index is 11.1. The Labute approximate surface area is 158 Å². The van der Waals surface area contributed by atoms with Crippen LogP contribution in [0.1, 0.15) is 55.1 Å². The molecule has 0 saturated heterocycles. The lowest BCUT2D eigenvalue weighted by Crippen LogP contribution is -2.13. The standard InChI is InChI=1S/C20H24N4OS/c21-17(25)12-13-7-9-15(10-8-13)22-20-18-16(6-3-11-26-18)23-19(24-20)14-4-1-2-5-14/h7-10,14H,1-6,11-12H2,(H2,21,25)(H,22,23,24). The summed E-state index contributed by atoms with van der Waals surface area (Å²) in [5.41, 5.74) is 8.36. The fourth-order valence-electron chi connectivity index (χ4n) is 3.75. The highest BCUT2D eigenvalue weighted by molar-refractivity contribution is 7.99. The molecule has 1 aromatic carbocycles. The van der Waals surface area contributed by atoms with E-state index < -0.39 is 0 Å².